The Morgan fingerprint density at radius 1 is 1.19 bits per heavy atom. The van der Waals surface area contributed by atoms with Crippen molar-refractivity contribution in [2.75, 3.05) is 18.3 Å². The van der Waals surface area contributed by atoms with Crippen LogP contribution in [-0.4, -0.2) is 46.4 Å². The van der Waals surface area contributed by atoms with Gasteiger partial charge in [0.25, 0.3) is 0 Å². The van der Waals surface area contributed by atoms with Gasteiger partial charge in [-0.15, -0.1) is 0 Å². The number of nitrogens with one attached hydrogen (secondary N) is 1. The van der Waals surface area contributed by atoms with Crippen LogP contribution in [0.5, 0.6) is 0 Å². The van der Waals surface area contributed by atoms with Gasteiger partial charge in [0.1, 0.15) is 11.9 Å². The van der Waals surface area contributed by atoms with E-state index in [2.05, 4.69) is 32.7 Å². The standard InChI is InChI=1S/C27H32FN5O3S/c1-5-9-33(4)37(35,36)32-25-8-6-7-23(26(25)28)27(34)24-16-31-22-11-17(2)10-19(12-20(24)13-22)21-14-29-18(3)30-15-21/h6-8,10,13-17,27,32,34H,5,9,11-12H2,1-4H3. The molecule has 2 aromatic heterocycles. The van der Waals surface area contributed by atoms with Crippen LogP contribution in [0, 0.1) is 18.7 Å². The van der Waals surface area contributed by atoms with E-state index in [1.165, 1.54) is 25.2 Å². The lowest BCUT2D eigenvalue weighted by molar-refractivity contribution is 0.213. The molecule has 37 heavy (non-hydrogen) atoms. The summed E-state index contributed by atoms with van der Waals surface area (Å²) in [6.45, 7) is 6.09. The third-order valence-corrected chi connectivity index (χ3v) is 7.92. The number of pyridine rings is 1. The SMILES string of the molecule is CCCN(C)S(=O)(=O)Nc1cccc(C(O)c2cnc3cc2CC(c2cnc(C)nc2)=CC(C)C3)c1F. The van der Waals surface area contributed by atoms with Crippen molar-refractivity contribution in [2.45, 2.75) is 46.1 Å². The Labute approximate surface area is 217 Å². The molecule has 0 aliphatic heterocycles. The van der Waals surface area contributed by atoms with E-state index < -0.39 is 22.1 Å². The number of hydrogen-bond acceptors (Lipinski definition) is 6. The summed E-state index contributed by atoms with van der Waals surface area (Å²) in [5, 5.41) is 11.3. The van der Waals surface area contributed by atoms with Gasteiger partial charge in [0, 0.05) is 54.6 Å². The lowest BCUT2D eigenvalue weighted by Gasteiger charge is -2.23. The number of aromatic nitrogens is 3. The van der Waals surface area contributed by atoms with Gasteiger partial charge in [-0.25, -0.2) is 14.4 Å². The average Bonchev–Trinajstić information content (AvgIpc) is 2.84. The van der Waals surface area contributed by atoms with Crippen molar-refractivity contribution in [3.63, 3.8) is 0 Å². The second kappa shape index (κ2) is 11.0. The van der Waals surface area contributed by atoms with Crippen molar-refractivity contribution >= 4 is 21.5 Å². The summed E-state index contributed by atoms with van der Waals surface area (Å²) in [6, 6.07) is 6.24. The highest BCUT2D eigenvalue weighted by Crippen LogP contribution is 2.34. The monoisotopic (exact) mass is 525 g/mol. The molecule has 0 amide bonds. The molecule has 0 saturated carbocycles. The number of aliphatic hydroxyl groups is 1. The highest BCUT2D eigenvalue weighted by atomic mass is 32.2. The number of hydrogen-bond donors (Lipinski definition) is 2. The van der Waals surface area contributed by atoms with E-state index in [9.17, 15) is 13.5 Å². The maximum absolute atomic E-state index is 15.5. The molecule has 196 valence electrons. The first-order chi connectivity index (χ1) is 17.6. The van der Waals surface area contributed by atoms with E-state index >= 15 is 4.39 Å². The van der Waals surface area contributed by atoms with Crippen molar-refractivity contribution in [3.05, 3.63) is 88.5 Å². The second-order valence-electron chi connectivity index (χ2n) is 9.48. The van der Waals surface area contributed by atoms with Gasteiger partial charge in [0.2, 0.25) is 0 Å². The molecule has 0 saturated heterocycles. The molecular formula is C27H32FN5O3S. The first-order valence-electron chi connectivity index (χ1n) is 12.3. The molecule has 10 heteroatoms. The molecular weight excluding hydrogens is 493 g/mol. The van der Waals surface area contributed by atoms with E-state index in [1.54, 1.807) is 18.6 Å². The third-order valence-electron chi connectivity index (χ3n) is 6.44. The number of anilines is 1. The lowest BCUT2D eigenvalue weighted by atomic mass is 9.87. The number of nitrogens with zero attached hydrogens (tertiary/aromatic N) is 4. The summed E-state index contributed by atoms with van der Waals surface area (Å²) >= 11 is 0. The fraction of sp³-hybridized carbons (Fsp3) is 0.370. The zero-order chi connectivity index (χ0) is 26.7. The van der Waals surface area contributed by atoms with Gasteiger partial charge in [-0.1, -0.05) is 32.1 Å². The molecule has 8 nitrogen and oxygen atoms in total. The zero-order valence-corrected chi connectivity index (χ0v) is 22.3. The van der Waals surface area contributed by atoms with Gasteiger partial charge in [0.15, 0.2) is 5.82 Å². The van der Waals surface area contributed by atoms with E-state index in [-0.39, 0.29) is 17.2 Å². The molecule has 2 N–H and O–H groups in total. The van der Waals surface area contributed by atoms with Gasteiger partial charge in [-0.05, 0) is 55.4 Å². The molecule has 2 bridgehead atoms. The maximum atomic E-state index is 15.5. The van der Waals surface area contributed by atoms with E-state index in [4.69, 9.17) is 0 Å². The molecule has 2 atom stereocenters. The van der Waals surface area contributed by atoms with E-state index in [0.717, 1.165) is 33.1 Å². The first kappa shape index (κ1) is 26.8. The smallest absolute Gasteiger partial charge is 0.301 e. The summed E-state index contributed by atoms with van der Waals surface area (Å²) < 4.78 is 44.1. The van der Waals surface area contributed by atoms with Gasteiger partial charge in [0.05, 0.1) is 5.69 Å². The molecule has 0 fully saturated rings. The Kier molecular flexibility index (Phi) is 8.01. The van der Waals surface area contributed by atoms with E-state index in [0.29, 0.717) is 30.8 Å². The highest BCUT2D eigenvalue weighted by molar-refractivity contribution is 7.90. The summed E-state index contributed by atoms with van der Waals surface area (Å²) in [4.78, 5) is 13.2. The number of fused-ring (bicyclic) bond motifs is 2. The number of benzene rings is 1. The van der Waals surface area contributed by atoms with Crippen LogP contribution in [0.2, 0.25) is 0 Å². The molecule has 2 unspecified atom stereocenters. The Balaban J connectivity index is 1.69. The topological polar surface area (TPSA) is 108 Å². The number of rotatable bonds is 8. The van der Waals surface area contributed by atoms with Crippen LogP contribution in [-0.2, 0) is 23.1 Å². The van der Waals surface area contributed by atoms with Crippen LogP contribution < -0.4 is 4.72 Å². The minimum Gasteiger partial charge on any atom is -0.383 e. The predicted octanol–water partition coefficient (Wildman–Crippen LogP) is 4.22. The highest BCUT2D eigenvalue weighted by Gasteiger charge is 2.25. The van der Waals surface area contributed by atoms with Gasteiger partial charge < -0.3 is 5.11 Å². The van der Waals surface area contributed by atoms with Crippen LogP contribution >= 0.6 is 0 Å². The number of halogens is 1. The molecule has 0 radical (unpaired) electrons. The number of allylic oxidation sites excluding steroid dienone is 2. The minimum atomic E-state index is -3.94. The molecule has 3 aromatic rings. The zero-order valence-electron chi connectivity index (χ0n) is 21.4. The van der Waals surface area contributed by atoms with Crippen molar-refractivity contribution < 1.29 is 17.9 Å². The summed E-state index contributed by atoms with van der Waals surface area (Å²) in [5.74, 6) is 0.0834. The molecule has 0 spiro atoms. The minimum absolute atomic E-state index is 0.0382. The average molecular weight is 526 g/mol. The number of aliphatic hydroxyl groups excluding tert-OH is 1. The normalized spacial score (nSPS) is 16.6. The quantitative estimate of drug-likeness (QED) is 0.456. The Hall–Kier alpha value is -3.21. The van der Waals surface area contributed by atoms with Crippen molar-refractivity contribution in [1.29, 1.82) is 0 Å². The van der Waals surface area contributed by atoms with E-state index in [1.807, 2.05) is 19.9 Å². The van der Waals surface area contributed by atoms with Crippen molar-refractivity contribution in [2.24, 2.45) is 5.92 Å². The molecule has 2 heterocycles. The Morgan fingerprint density at radius 2 is 1.92 bits per heavy atom. The fourth-order valence-electron chi connectivity index (χ4n) is 4.48. The van der Waals surface area contributed by atoms with Crippen LogP contribution in [0.25, 0.3) is 5.57 Å². The van der Waals surface area contributed by atoms with Gasteiger partial charge in [-0.3, -0.25) is 9.71 Å². The van der Waals surface area contributed by atoms with Crippen LogP contribution in [0.3, 0.4) is 0 Å². The van der Waals surface area contributed by atoms with Gasteiger partial charge >= 0.3 is 10.2 Å². The van der Waals surface area contributed by atoms with Gasteiger partial charge in [-0.2, -0.15) is 12.7 Å². The van der Waals surface area contributed by atoms with Crippen LogP contribution in [0.15, 0.2) is 48.9 Å². The second-order valence-corrected chi connectivity index (χ2v) is 11.3. The molecule has 1 aromatic carbocycles. The first-order valence-corrected chi connectivity index (χ1v) is 13.7. The van der Waals surface area contributed by atoms with Crippen LogP contribution in [0.1, 0.15) is 60.1 Å². The van der Waals surface area contributed by atoms with Crippen molar-refractivity contribution in [1.82, 2.24) is 19.3 Å². The predicted molar refractivity (Wildman–Crippen MR) is 141 cm³/mol. The maximum Gasteiger partial charge on any atom is 0.301 e. The fourth-order valence-corrected chi connectivity index (χ4v) is 5.49. The summed E-state index contributed by atoms with van der Waals surface area (Å²) in [5.41, 5.74) is 3.79. The largest absolute Gasteiger partial charge is 0.383 e. The Morgan fingerprint density at radius 3 is 2.62 bits per heavy atom. The molecule has 1 aliphatic rings. The Bertz CT molecular complexity index is 1410. The molecule has 1 aliphatic carbocycles. The van der Waals surface area contributed by atoms with Crippen LogP contribution in [0.4, 0.5) is 10.1 Å². The number of aryl methyl sites for hydroxylation is 1. The third kappa shape index (κ3) is 6.03. The summed E-state index contributed by atoms with van der Waals surface area (Å²) in [6.07, 6.45) is 7.79. The lowest BCUT2D eigenvalue weighted by Crippen LogP contribution is -2.33. The molecule has 4 rings (SSSR count). The van der Waals surface area contributed by atoms with Crippen molar-refractivity contribution in [3.8, 4) is 0 Å². The summed E-state index contributed by atoms with van der Waals surface area (Å²) in [7, 11) is -2.51.